The third-order valence-electron chi connectivity index (χ3n) is 3.87. The first-order valence-corrected chi connectivity index (χ1v) is 8.11. The molecule has 1 aromatic carbocycles. The van der Waals surface area contributed by atoms with Gasteiger partial charge in [-0.1, -0.05) is 6.07 Å². The fraction of sp³-hybridized carbons (Fsp3) is 0.529. The summed E-state index contributed by atoms with van der Waals surface area (Å²) in [6.07, 6.45) is 3.34. The summed E-state index contributed by atoms with van der Waals surface area (Å²) >= 11 is 0. The molecule has 1 aromatic rings. The van der Waals surface area contributed by atoms with Gasteiger partial charge in [0.1, 0.15) is 12.4 Å². The smallest absolute Gasteiger partial charge is 0.317 e. The van der Waals surface area contributed by atoms with Gasteiger partial charge in [-0.25, -0.2) is 4.79 Å². The minimum absolute atomic E-state index is 0.0206. The van der Waals surface area contributed by atoms with Crippen LogP contribution in [0.4, 0.5) is 10.5 Å². The first-order valence-electron chi connectivity index (χ1n) is 8.11. The molecule has 1 aliphatic heterocycles. The third kappa shape index (κ3) is 5.47. The summed E-state index contributed by atoms with van der Waals surface area (Å²) in [7, 11) is 0. The molecule has 3 amide bonds. The molecule has 0 unspecified atom stereocenters. The lowest BCUT2D eigenvalue weighted by Crippen LogP contribution is -2.48. The van der Waals surface area contributed by atoms with Gasteiger partial charge in [-0.05, 0) is 38.3 Å². The predicted octanol–water partition coefficient (Wildman–Crippen LogP) is 2.61. The van der Waals surface area contributed by atoms with Crippen molar-refractivity contribution < 1.29 is 14.3 Å². The van der Waals surface area contributed by atoms with Gasteiger partial charge in [0.05, 0.1) is 6.54 Å². The standard InChI is InChI=1S/C17H25N3O3/c1-13-6-3-4-10-20(13)17(22)18-9-11-23-16-8-5-7-15(12-16)19-14(2)21/h5,7-8,12-13H,3-4,6,9-11H2,1-2H3,(H,18,22)(H,19,21)/t13-/m1/s1. The molecule has 1 aliphatic rings. The van der Waals surface area contributed by atoms with Crippen LogP contribution in [0.15, 0.2) is 24.3 Å². The number of benzene rings is 1. The topological polar surface area (TPSA) is 70.7 Å². The van der Waals surface area contributed by atoms with E-state index < -0.39 is 0 Å². The molecule has 2 rings (SSSR count). The number of piperidine rings is 1. The van der Waals surface area contributed by atoms with Gasteiger partial charge in [-0.2, -0.15) is 0 Å². The van der Waals surface area contributed by atoms with Crippen LogP contribution in [0, 0.1) is 0 Å². The maximum atomic E-state index is 12.1. The Labute approximate surface area is 137 Å². The van der Waals surface area contributed by atoms with Crippen LogP contribution in [0.3, 0.4) is 0 Å². The van der Waals surface area contributed by atoms with Crippen molar-refractivity contribution >= 4 is 17.6 Å². The van der Waals surface area contributed by atoms with E-state index in [1.807, 2.05) is 17.0 Å². The van der Waals surface area contributed by atoms with Crippen LogP contribution in [0.1, 0.15) is 33.1 Å². The molecule has 0 aromatic heterocycles. The Bertz CT molecular complexity index is 548. The van der Waals surface area contributed by atoms with E-state index in [0.717, 1.165) is 19.4 Å². The van der Waals surface area contributed by atoms with Crippen molar-refractivity contribution in [1.29, 1.82) is 0 Å². The van der Waals surface area contributed by atoms with Gasteiger partial charge in [0.2, 0.25) is 5.91 Å². The zero-order chi connectivity index (χ0) is 16.7. The molecule has 2 N–H and O–H groups in total. The average molecular weight is 319 g/mol. The molecule has 6 heteroatoms. The maximum absolute atomic E-state index is 12.1. The number of carbonyl (C=O) groups is 2. The molecular formula is C17H25N3O3. The SMILES string of the molecule is CC(=O)Nc1cccc(OCCNC(=O)N2CCCC[C@H]2C)c1. The van der Waals surface area contributed by atoms with Crippen molar-refractivity contribution in [2.45, 2.75) is 39.2 Å². The van der Waals surface area contributed by atoms with E-state index >= 15 is 0 Å². The first kappa shape index (κ1) is 17.1. The minimum Gasteiger partial charge on any atom is -0.492 e. The van der Waals surface area contributed by atoms with Crippen molar-refractivity contribution in [3.05, 3.63) is 24.3 Å². The number of urea groups is 1. The van der Waals surface area contributed by atoms with Crippen molar-refractivity contribution in [2.24, 2.45) is 0 Å². The van der Waals surface area contributed by atoms with E-state index in [1.54, 1.807) is 12.1 Å². The minimum atomic E-state index is -0.120. The number of rotatable bonds is 5. The zero-order valence-electron chi connectivity index (χ0n) is 13.8. The van der Waals surface area contributed by atoms with Gasteiger partial charge in [0.25, 0.3) is 0 Å². The zero-order valence-corrected chi connectivity index (χ0v) is 13.8. The fourth-order valence-corrected chi connectivity index (χ4v) is 2.70. The van der Waals surface area contributed by atoms with Gasteiger partial charge < -0.3 is 20.3 Å². The second-order valence-electron chi connectivity index (χ2n) is 5.83. The Kier molecular flexibility index (Phi) is 6.26. The Balaban J connectivity index is 1.72. The molecule has 0 radical (unpaired) electrons. The second kappa shape index (κ2) is 8.41. The molecule has 1 saturated heterocycles. The van der Waals surface area contributed by atoms with Gasteiger partial charge in [-0.15, -0.1) is 0 Å². The summed E-state index contributed by atoms with van der Waals surface area (Å²) < 4.78 is 5.61. The highest BCUT2D eigenvalue weighted by molar-refractivity contribution is 5.88. The molecule has 126 valence electrons. The molecule has 1 atom stereocenters. The summed E-state index contributed by atoms with van der Waals surface area (Å²) in [5.74, 6) is 0.543. The van der Waals surface area contributed by atoms with Crippen LogP contribution in [-0.2, 0) is 4.79 Å². The molecular weight excluding hydrogens is 294 g/mol. The summed E-state index contributed by atoms with van der Waals surface area (Å²) in [4.78, 5) is 25.0. The summed E-state index contributed by atoms with van der Waals surface area (Å²) in [5.41, 5.74) is 0.696. The maximum Gasteiger partial charge on any atom is 0.317 e. The Morgan fingerprint density at radius 3 is 2.91 bits per heavy atom. The number of hydrogen-bond acceptors (Lipinski definition) is 3. The van der Waals surface area contributed by atoms with Crippen LogP contribution in [0.25, 0.3) is 0 Å². The molecule has 0 bridgehead atoms. The van der Waals surface area contributed by atoms with Crippen molar-refractivity contribution in [1.82, 2.24) is 10.2 Å². The monoisotopic (exact) mass is 319 g/mol. The highest BCUT2D eigenvalue weighted by atomic mass is 16.5. The molecule has 1 heterocycles. The Hall–Kier alpha value is -2.24. The lowest BCUT2D eigenvalue weighted by atomic mass is 10.0. The van der Waals surface area contributed by atoms with E-state index in [0.29, 0.717) is 30.6 Å². The lowest BCUT2D eigenvalue weighted by molar-refractivity contribution is -0.114. The Morgan fingerprint density at radius 1 is 1.35 bits per heavy atom. The quantitative estimate of drug-likeness (QED) is 0.820. The van der Waals surface area contributed by atoms with E-state index in [9.17, 15) is 9.59 Å². The average Bonchev–Trinajstić information content (AvgIpc) is 2.51. The molecule has 0 aliphatic carbocycles. The number of hydrogen-bond donors (Lipinski definition) is 2. The van der Waals surface area contributed by atoms with Gasteiger partial charge in [-0.3, -0.25) is 4.79 Å². The van der Waals surface area contributed by atoms with Crippen LogP contribution >= 0.6 is 0 Å². The van der Waals surface area contributed by atoms with E-state index in [1.165, 1.54) is 13.3 Å². The number of anilines is 1. The summed E-state index contributed by atoms with van der Waals surface area (Å²) in [6.45, 7) is 5.21. The first-order chi connectivity index (χ1) is 11.1. The lowest BCUT2D eigenvalue weighted by Gasteiger charge is -2.33. The largest absolute Gasteiger partial charge is 0.492 e. The van der Waals surface area contributed by atoms with Crippen LogP contribution in [0.5, 0.6) is 5.75 Å². The Morgan fingerprint density at radius 2 is 2.17 bits per heavy atom. The normalized spacial score (nSPS) is 17.5. The van der Waals surface area contributed by atoms with Crippen molar-refractivity contribution in [3.8, 4) is 5.75 Å². The number of likely N-dealkylation sites (tertiary alicyclic amines) is 1. The van der Waals surface area contributed by atoms with Crippen LogP contribution in [-0.4, -0.2) is 42.6 Å². The number of nitrogens with one attached hydrogen (secondary N) is 2. The highest BCUT2D eigenvalue weighted by Gasteiger charge is 2.22. The highest BCUT2D eigenvalue weighted by Crippen LogP contribution is 2.17. The second-order valence-corrected chi connectivity index (χ2v) is 5.83. The van der Waals surface area contributed by atoms with Crippen LogP contribution in [0.2, 0.25) is 0 Å². The molecule has 0 saturated carbocycles. The number of ether oxygens (including phenoxy) is 1. The molecule has 23 heavy (non-hydrogen) atoms. The van der Waals surface area contributed by atoms with Crippen molar-refractivity contribution in [2.75, 3.05) is 25.0 Å². The van der Waals surface area contributed by atoms with Gasteiger partial charge in [0.15, 0.2) is 0 Å². The van der Waals surface area contributed by atoms with E-state index in [-0.39, 0.29) is 11.9 Å². The van der Waals surface area contributed by atoms with Crippen molar-refractivity contribution in [3.63, 3.8) is 0 Å². The number of nitrogens with zero attached hydrogens (tertiary/aromatic N) is 1. The molecule has 1 fully saturated rings. The summed E-state index contributed by atoms with van der Waals surface area (Å²) in [5, 5.41) is 5.60. The predicted molar refractivity (Wildman–Crippen MR) is 89.7 cm³/mol. The van der Waals surface area contributed by atoms with E-state index in [4.69, 9.17) is 4.74 Å². The molecule has 6 nitrogen and oxygen atoms in total. The number of carbonyl (C=O) groups excluding carboxylic acids is 2. The number of amides is 3. The fourth-order valence-electron chi connectivity index (χ4n) is 2.70. The van der Waals surface area contributed by atoms with Crippen LogP contribution < -0.4 is 15.4 Å². The summed E-state index contributed by atoms with van der Waals surface area (Å²) in [6, 6.07) is 7.48. The van der Waals surface area contributed by atoms with Gasteiger partial charge >= 0.3 is 6.03 Å². The van der Waals surface area contributed by atoms with Gasteiger partial charge in [0, 0.05) is 31.3 Å². The third-order valence-corrected chi connectivity index (χ3v) is 3.87. The molecule has 0 spiro atoms. The van der Waals surface area contributed by atoms with E-state index in [2.05, 4.69) is 17.6 Å².